The lowest BCUT2D eigenvalue weighted by Gasteiger charge is -2.02. The zero-order valence-corrected chi connectivity index (χ0v) is 9.44. The number of anilines is 1. The molecule has 0 spiro atoms. The average Bonchev–Trinajstić information content (AvgIpc) is 2.76. The minimum absolute atomic E-state index is 0.0286. The number of amides is 1. The molecule has 2 aromatic rings. The Morgan fingerprint density at radius 2 is 2.33 bits per heavy atom. The van der Waals surface area contributed by atoms with Crippen LogP contribution in [0.3, 0.4) is 0 Å². The van der Waals surface area contributed by atoms with Gasteiger partial charge >= 0.3 is 0 Å². The normalized spacial score (nSPS) is 9.78. The van der Waals surface area contributed by atoms with Crippen molar-refractivity contribution in [1.82, 2.24) is 15.2 Å². The van der Waals surface area contributed by atoms with E-state index < -0.39 is 5.91 Å². The van der Waals surface area contributed by atoms with Gasteiger partial charge < -0.3 is 10.3 Å². The van der Waals surface area contributed by atoms with Crippen LogP contribution in [0.15, 0.2) is 23.3 Å². The molecule has 0 saturated carbocycles. The standard InChI is InChI=1S/C11H9N5O2/c1-6-2-9(17)8(5-13-6)11(18)15-10-7(3-12)4-14-16-10/h2,4-5H,1H3,(H,13,17)(H2,14,15,16,18). The monoisotopic (exact) mass is 243 g/mol. The maximum Gasteiger partial charge on any atom is 0.262 e. The Kier molecular flexibility index (Phi) is 2.93. The highest BCUT2D eigenvalue weighted by molar-refractivity contribution is 6.04. The van der Waals surface area contributed by atoms with Gasteiger partial charge in [-0.25, -0.2) is 0 Å². The van der Waals surface area contributed by atoms with Gasteiger partial charge in [0.05, 0.1) is 6.20 Å². The Labute approximate surface area is 101 Å². The molecule has 0 aliphatic rings. The van der Waals surface area contributed by atoms with Crippen molar-refractivity contribution in [2.24, 2.45) is 0 Å². The molecule has 18 heavy (non-hydrogen) atoms. The number of carbonyl (C=O) groups excluding carboxylic acids is 1. The number of aromatic nitrogens is 3. The molecule has 0 saturated heterocycles. The summed E-state index contributed by atoms with van der Waals surface area (Å²) in [6.07, 6.45) is 2.62. The van der Waals surface area contributed by atoms with Crippen LogP contribution in [0.5, 0.6) is 0 Å². The summed E-state index contributed by atoms with van der Waals surface area (Å²) in [5.41, 5.74) is 0.448. The lowest BCUT2D eigenvalue weighted by molar-refractivity contribution is 0.102. The molecule has 0 unspecified atom stereocenters. The second-order valence-electron chi connectivity index (χ2n) is 3.62. The highest BCUT2D eigenvalue weighted by Crippen LogP contribution is 2.09. The molecule has 7 nitrogen and oxygen atoms in total. The molecular weight excluding hydrogens is 234 g/mol. The zero-order chi connectivity index (χ0) is 13.1. The van der Waals surface area contributed by atoms with Crippen molar-refractivity contribution in [3.8, 4) is 6.07 Å². The molecule has 0 aliphatic heterocycles. The Bertz CT molecular complexity index is 692. The van der Waals surface area contributed by atoms with Gasteiger partial charge in [0, 0.05) is 18.0 Å². The van der Waals surface area contributed by atoms with E-state index in [-0.39, 0.29) is 22.4 Å². The lowest BCUT2D eigenvalue weighted by Crippen LogP contribution is -2.22. The molecule has 90 valence electrons. The highest BCUT2D eigenvalue weighted by Gasteiger charge is 2.13. The molecule has 2 rings (SSSR count). The van der Waals surface area contributed by atoms with Crippen molar-refractivity contribution < 1.29 is 4.79 Å². The smallest absolute Gasteiger partial charge is 0.262 e. The summed E-state index contributed by atoms with van der Waals surface area (Å²) in [6, 6.07) is 3.19. The van der Waals surface area contributed by atoms with Crippen LogP contribution in [0.2, 0.25) is 0 Å². The Morgan fingerprint density at radius 1 is 1.56 bits per heavy atom. The van der Waals surface area contributed by atoms with Crippen molar-refractivity contribution in [2.45, 2.75) is 6.92 Å². The first kappa shape index (κ1) is 11.6. The average molecular weight is 243 g/mol. The van der Waals surface area contributed by atoms with Crippen LogP contribution in [-0.2, 0) is 0 Å². The van der Waals surface area contributed by atoms with Crippen molar-refractivity contribution in [3.05, 3.63) is 45.5 Å². The molecule has 0 aliphatic carbocycles. The summed E-state index contributed by atoms with van der Waals surface area (Å²) in [5.74, 6) is -0.431. The number of nitriles is 1. The SMILES string of the molecule is Cc1cc(=O)c(C(=O)Nc2[nH]ncc2C#N)c[nH]1. The molecule has 0 bridgehead atoms. The van der Waals surface area contributed by atoms with Gasteiger partial charge in [0.15, 0.2) is 5.43 Å². The van der Waals surface area contributed by atoms with E-state index in [1.165, 1.54) is 18.5 Å². The topological polar surface area (TPSA) is 114 Å². The third-order valence-corrected chi connectivity index (χ3v) is 2.30. The van der Waals surface area contributed by atoms with Gasteiger partial charge in [0.25, 0.3) is 5.91 Å². The van der Waals surface area contributed by atoms with E-state index in [1.54, 1.807) is 6.92 Å². The van der Waals surface area contributed by atoms with E-state index in [1.807, 2.05) is 6.07 Å². The first-order valence-electron chi connectivity index (χ1n) is 5.06. The molecule has 3 N–H and O–H groups in total. The number of nitrogens with one attached hydrogen (secondary N) is 3. The van der Waals surface area contributed by atoms with Crippen molar-refractivity contribution in [2.75, 3.05) is 5.32 Å². The number of aryl methyl sites for hydroxylation is 1. The molecule has 0 aromatic carbocycles. The van der Waals surface area contributed by atoms with Crippen LogP contribution in [0.25, 0.3) is 0 Å². The second-order valence-corrected chi connectivity index (χ2v) is 3.62. The maximum absolute atomic E-state index is 11.8. The summed E-state index contributed by atoms with van der Waals surface area (Å²) < 4.78 is 0. The first-order chi connectivity index (χ1) is 8.61. The van der Waals surface area contributed by atoms with Crippen molar-refractivity contribution >= 4 is 11.7 Å². The van der Waals surface area contributed by atoms with Gasteiger partial charge in [0.2, 0.25) is 0 Å². The fraction of sp³-hybridized carbons (Fsp3) is 0.0909. The third-order valence-electron chi connectivity index (χ3n) is 2.30. The van der Waals surface area contributed by atoms with Crippen LogP contribution >= 0.6 is 0 Å². The quantitative estimate of drug-likeness (QED) is 0.713. The molecular formula is C11H9N5O2. The van der Waals surface area contributed by atoms with Gasteiger partial charge in [0.1, 0.15) is 23.0 Å². The van der Waals surface area contributed by atoms with Crippen LogP contribution < -0.4 is 10.7 Å². The van der Waals surface area contributed by atoms with Crippen LogP contribution in [0.4, 0.5) is 5.82 Å². The summed E-state index contributed by atoms with van der Waals surface area (Å²) >= 11 is 0. The largest absolute Gasteiger partial charge is 0.364 e. The molecule has 2 heterocycles. The number of pyridine rings is 1. The van der Waals surface area contributed by atoms with Crippen molar-refractivity contribution in [3.63, 3.8) is 0 Å². The highest BCUT2D eigenvalue weighted by atomic mass is 16.2. The van der Waals surface area contributed by atoms with E-state index >= 15 is 0 Å². The number of rotatable bonds is 2. The number of H-pyrrole nitrogens is 2. The molecule has 0 atom stereocenters. The molecule has 0 radical (unpaired) electrons. The summed E-state index contributed by atoms with van der Waals surface area (Å²) in [6.45, 7) is 1.71. The predicted octanol–water partition coefficient (Wildman–Crippen LogP) is 0.530. The molecule has 7 heteroatoms. The minimum Gasteiger partial charge on any atom is -0.364 e. The third kappa shape index (κ3) is 2.12. The second kappa shape index (κ2) is 4.55. The number of hydrogen-bond acceptors (Lipinski definition) is 4. The van der Waals surface area contributed by atoms with Gasteiger partial charge in [-0.15, -0.1) is 0 Å². The summed E-state index contributed by atoms with van der Waals surface area (Å²) in [7, 11) is 0. The van der Waals surface area contributed by atoms with Crippen LogP contribution in [-0.4, -0.2) is 21.1 Å². The fourth-order valence-electron chi connectivity index (χ4n) is 1.40. The molecule has 0 fully saturated rings. The zero-order valence-electron chi connectivity index (χ0n) is 9.44. The Morgan fingerprint density at radius 3 is 3.00 bits per heavy atom. The number of aromatic amines is 2. The number of carbonyl (C=O) groups is 1. The minimum atomic E-state index is -0.600. The summed E-state index contributed by atoms with van der Waals surface area (Å²) in [5, 5.41) is 17.3. The van der Waals surface area contributed by atoms with E-state index in [0.29, 0.717) is 5.69 Å². The van der Waals surface area contributed by atoms with E-state index in [9.17, 15) is 9.59 Å². The lowest BCUT2D eigenvalue weighted by atomic mass is 10.2. The van der Waals surface area contributed by atoms with Crippen LogP contribution in [0.1, 0.15) is 21.6 Å². The van der Waals surface area contributed by atoms with Gasteiger partial charge in [-0.3, -0.25) is 14.7 Å². The predicted molar refractivity (Wildman–Crippen MR) is 63.1 cm³/mol. The van der Waals surface area contributed by atoms with E-state index in [2.05, 4.69) is 20.5 Å². The Hall–Kier alpha value is -2.88. The van der Waals surface area contributed by atoms with Crippen molar-refractivity contribution in [1.29, 1.82) is 5.26 Å². The van der Waals surface area contributed by atoms with E-state index in [4.69, 9.17) is 5.26 Å². The van der Waals surface area contributed by atoms with E-state index in [0.717, 1.165) is 0 Å². The number of nitrogens with zero attached hydrogens (tertiary/aromatic N) is 2. The number of hydrogen-bond donors (Lipinski definition) is 3. The van der Waals surface area contributed by atoms with Gasteiger partial charge in [-0.2, -0.15) is 10.4 Å². The fourth-order valence-corrected chi connectivity index (χ4v) is 1.40. The van der Waals surface area contributed by atoms with Crippen LogP contribution in [0, 0.1) is 18.3 Å². The first-order valence-corrected chi connectivity index (χ1v) is 5.06. The molecule has 2 aromatic heterocycles. The summed E-state index contributed by atoms with van der Waals surface area (Å²) in [4.78, 5) is 26.2. The van der Waals surface area contributed by atoms with Gasteiger partial charge in [-0.05, 0) is 6.92 Å². The Balaban J connectivity index is 2.28. The maximum atomic E-state index is 11.8. The van der Waals surface area contributed by atoms with Gasteiger partial charge in [-0.1, -0.05) is 0 Å². The molecule has 1 amide bonds.